The summed E-state index contributed by atoms with van der Waals surface area (Å²) in [4.78, 5) is 23.2. The fourth-order valence-corrected chi connectivity index (χ4v) is 3.04. The molecule has 0 bridgehead atoms. The van der Waals surface area contributed by atoms with Crippen LogP contribution in [0.15, 0.2) is 49.1 Å². The van der Waals surface area contributed by atoms with Crippen molar-refractivity contribution in [2.45, 2.75) is 26.4 Å². The molecule has 27 heavy (non-hydrogen) atoms. The molecule has 0 radical (unpaired) electrons. The van der Waals surface area contributed by atoms with Crippen LogP contribution in [0.5, 0.6) is 0 Å². The van der Waals surface area contributed by atoms with Crippen LogP contribution < -0.4 is 0 Å². The van der Waals surface area contributed by atoms with Gasteiger partial charge in [0, 0.05) is 37.6 Å². The lowest BCUT2D eigenvalue weighted by Gasteiger charge is -2.26. The molecule has 1 aromatic carbocycles. The fourth-order valence-electron chi connectivity index (χ4n) is 2.74. The monoisotopic (exact) mass is 402 g/mol. The van der Waals surface area contributed by atoms with Gasteiger partial charge in [-0.25, -0.2) is 4.98 Å². The number of hydrogen-bond donors (Lipinski definition) is 0. The van der Waals surface area contributed by atoms with E-state index in [4.69, 9.17) is 23.2 Å². The first-order valence-electron chi connectivity index (χ1n) is 8.54. The molecule has 2 aromatic heterocycles. The van der Waals surface area contributed by atoms with Crippen LogP contribution in [0.2, 0.25) is 10.0 Å². The average molecular weight is 403 g/mol. The topological polar surface area (TPSA) is 51.0 Å². The highest BCUT2D eigenvalue weighted by Crippen LogP contribution is 2.28. The molecule has 0 fully saturated rings. The standard InChI is InChI=1S/C20H20Cl2N4O/c1-13(2)26(20(27)19-11-25(3)12-24-19)10-14-6-7-23-18(8-14)15-4-5-16(21)17(22)9-15/h4-9,11-13H,10H2,1-3H3. The maximum Gasteiger partial charge on any atom is 0.274 e. The Balaban J connectivity index is 1.86. The Kier molecular flexibility index (Phi) is 5.82. The third-order valence-corrected chi connectivity index (χ3v) is 4.94. The first kappa shape index (κ1) is 19.4. The van der Waals surface area contributed by atoms with E-state index in [-0.39, 0.29) is 11.9 Å². The van der Waals surface area contributed by atoms with E-state index >= 15 is 0 Å². The summed E-state index contributed by atoms with van der Waals surface area (Å²) in [6.45, 7) is 4.44. The Morgan fingerprint density at radius 1 is 1.15 bits per heavy atom. The largest absolute Gasteiger partial charge is 0.340 e. The second-order valence-electron chi connectivity index (χ2n) is 6.63. The number of carbonyl (C=O) groups excluding carboxylic acids is 1. The highest BCUT2D eigenvalue weighted by molar-refractivity contribution is 6.42. The van der Waals surface area contributed by atoms with Crippen LogP contribution in [0, 0.1) is 0 Å². The van der Waals surface area contributed by atoms with E-state index in [1.54, 1.807) is 40.3 Å². The molecule has 0 saturated heterocycles. The number of halogens is 2. The molecular formula is C20H20Cl2N4O. The first-order valence-corrected chi connectivity index (χ1v) is 9.30. The molecule has 0 aliphatic carbocycles. The normalized spacial score (nSPS) is 11.0. The van der Waals surface area contributed by atoms with E-state index in [9.17, 15) is 4.79 Å². The first-order chi connectivity index (χ1) is 12.8. The molecule has 140 valence electrons. The maximum absolute atomic E-state index is 12.8. The molecule has 1 amide bonds. The molecule has 0 spiro atoms. The SMILES string of the molecule is CC(C)N(Cc1ccnc(-c2ccc(Cl)c(Cl)c2)c1)C(=O)c1cn(C)cn1. The highest BCUT2D eigenvalue weighted by atomic mass is 35.5. The number of carbonyl (C=O) groups is 1. The van der Waals surface area contributed by atoms with Gasteiger partial charge in [0.05, 0.1) is 22.1 Å². The third kappa shape index (κ3) is 4.49. The van der Waals surface area contributed by atoms with Crippen LogP contribution in [0.25, 0.3) is 11.3 Å². The molecule has 3 rings (SSSR count). The van der Waals surface area contributed by atoms with Gasteiger partial charge >= 0.3 is 0 Å². The Morgan fingerprint density at radius 2 is 1.93 bits per heavy atom. The smallest absolute Gasteiger partial charge is 0.274 e. The number of imidazole rings is 1. The van der Waals surface area contributed by atoms with Crippen molar-refractivity contribution in [1.82, 2.24) is 19.4 Å². The van der Waals surface area contributed by atoms with E-state index in [0.717, 1.165) is 16.8 Å². The Morgan fingerprint density at radius 3 is 2.56 bits per heavy atom. The van der Waals surface area contributed by atoms with Crippen LogP contribution in [0.3, 0.4) is 0 Å². The van der Waals surface area contributed by atoms with Gasteiger partial charge in [-0.1, -0.05) is 29.3 Å². The van der Waals surface area contributed by atoms with Gasteiger partial charge in [0.15, 0.2) is 0 Å². The summed E-state index contributed by atoms with van der Waals surface area (Å²) < 4.78 is 1.76. The number of aryl methyl sites for hydroxylation is 1. The Hall–Kier alpha value is -2.37. The molecule has 2 heterocycles. The Bertz CT molecular complexity index is 968. The van der Waals surface area contributed by atoms with Crippen molar-refractivity contribution >= 4 is 29.1 Å². The van der Waals surface area contributed by atoms with Crippen molar-refractivity contribution in [1.29, 1.82) is 0 Å². The molecule has 0 aliphatic rings. The van der Waals surface area contributed by atoms with Crippen LogP contribution in [-0.2, 0) is 13.6 Å². The molecule has 0 N–H and O–H groups in total. The molecular weight excluding hydrogens is 383 g/mol. The zero-order valence-electron chi connectivity index (χ0n) is 15.4. The number of hydrogen-bond acceptors (Lipinski definition) is 3. The van der Waals surface area contributed by atoms with Crippen molar-refractivity contribution < 1.29 is 4.79 Å². The van der Waals surface area contributed by atoms with Crippen LogP contribution in [0.1, 0.15) is 29.9 Å². The molecule has 5 nitrogen and oxygen atoms in total. The quantitative estimate of drug-likeness (QED) is 0.613. The van der Waals surface area contributed by atoms with E-state index < -0.39 is 0 Å². The summed E-state index contributed by atoms with van der Waals surface area (Å²) in [7, 11) is 1.84. The summed E-state index contributed by atoms with van der Waals surface area (Å²) >= 11 is 12.1. The number of pyridine rings is 1. The molecule has 3 aromatic rings. The zero-order valence-corrected chi connectivity index (χ0v) is 16.9. The number of benzene rings is 1. The molecule has 0 unspecified atom stereocenters. The zero-order chi connectivity index (χ0) is 19.6. The highest BCUT2D eigenvalue weighted by Gasteiger charge is 2.21. The summed E-state index contributed by atoms with van der Waals surface area (Å²) in [5, 5.41) is 0.985. The summed E-state index contributed by atoms with van der Waals surface area (Å²) in [6, 6.07) is 9.30. The lowest BCUT2D eigenvalue weighted by Crippen LogP contribution is -2.36. The predicted octanol–water partition coefficient (Wildman–Crippen LogP) is 4.84. The minimum absolute atomic E-state index is 0.0288. The number of rotatable bonds is 5. The summed E-state index contributed by atoms with van der Waals surface area (Å²) in [5.74, 6) is -0.0986. The number of amides is 1. The molecule has 0 saturated carbocycles. The van der Waals surface area contributed by atoms with Crippen LogP contribution >= 0.6 is 23.2 Å². The van der Waals surface area contributed by atoms with E-state index in [1.165, 1.54) is 0 Å². The number of nitrogens with zero attached hydrogens (tertiary/aromatic N) is 4. The maximum atomic E-state index is 12.8. The second kappa shape index (κ2) is 8.11. The lowest BCUT2D eigenvalue weighted by molar-refractivity contribution is 0.0684. The Labute approximate surface area is 168 Å². The molecule has 0 atom stereocenters. The van der Waals surface area contributed by atoms with Crippen molar-refractivity contribution in [3.63, 3.8) is 0 Å². The lowest BCUT2D eigenvalue weighted by atomic mass is 10.1. The van der Waals surface area contributed by atoms with E-state index in [1.807, 2.05) is 39.1 Å². The van der Waals surface area contributed by atoms with Gasteiger partial charge in [0.2, 0.25) is 0 Å². The van der Waals surface area contributed by atoms with Crippen molar-refractivity contribution in [2.75, 3.05) is 0 Å². The van der Waals surface area contributed by atoms with E-state index in [2.05, 4.69) is 9.97 Å². The average Bonchev–Trinajstić information content (AvgIpc) is 3.08. The molecule has 7 heteroatoms. The van der Waals surface area contributed by atoms with E-state index in [0.29, 0.717) is 22.3 Å². The second-order valence-corrected chi connectivity index (χ2v) is 7.44. The van der Waals surface area contributed by atoms with Gasteiger partial charge in [0.25, 0.3) is 5.91 Å². The van der Waals surface area contributed by atoms with Gasteiger partial charge in [-0.2, -0.15) is 0 Å². The van der Waals surface area contributed by atoms with Crippen LogP contribution in [-0.4, -0.2) is 31.4 Å². The number of aromatic nitrogens is 3. The fraction of sp³-hybridized carbons (Fsp3) is 0.250. The summed E-state index contributed by atoms with van der Waals surface area (Å²) in [5.41, 5.74) is 3.06. The summed E-state index contributed by atoms with van der Waals surface area (Å²) in [6.07, 6.45) is 5.09. The molecule has 0 aliphatic heterocycles. The third-order valence-electron chi connectivity index (χ3n) is 4.20. The predicted molar refractivity (Wildman–Crippen MR) is 108 cm³/mol. The van der Waals surface area contributed by atoms with Gasteiger partial charge in [0.1, 0.15) is 5.69 Å². The van der Waals surface area contributed by atoms with Gasteiger partial charge < -0.3 is 9.47 Å². The minimum Gasteiger partial charge on any atom is -0.340 e. The van der Waals surface area contributed by atoms with Crippen molar-refractivity contribution in [2.24, 2.45) is 7.05 Å². The van der Waals surface area contributed by atoms with Crippen molar-refractivity contribution in [3.05, 3.63) is 70.4 Å². The van der Waals surface area contributed by atoms with Crippen LogP contribution in [0.4, 0.5) is 0 Å². The minimum atomic E-state index is -0.0986. The van der Waals surface area contributed by atoms with Gasteiger partial charge in [-0.15, -0.1) is 0 Å². The van der Waals surface area contributed by atoms with Gasteiger partial charge in [-0.3, -0.25) is 9.78 Å². The van der Waals surface area contributed by atoms with Gasteiger partial charge in [-0.05, 0) is 43.7 Å². The van der Waals surface area contributed by atoms with Crippen molar-refractivity contribution in [3.8, 4) is 11.3 Å².